The Kier molecular flexibility index (Phi) is 7.97. The highest BCUT2D eigenvalue weighted by atomic mass is 32.2. The molecule has 1 amide bonds. The maximum atomic E-state index is 12.1. The summed E-state index contributed by atoms with van der Waals surface area (Å²) in [7, 11) is -0.894. The summed E-state index contributed by atoms with van der Waals surface area (Å²) in [6.45, 7) is 5.43. The first-order valence-electron chi connectivity index (χ1n) is 7.39. The molecular weight excluding hydrogens is 286 g/mol. The van der Waals surface area contributed by atoms with Gasteiger partial charge in [-0.25, -0.2) is 4.98 Å². The normalized spacial score (nSPS) is 12.0. The molecule has 0 aromatic carbocycles. The summed E-state index contributed by atoms with van der Waals surface area (Å²) in [6, 6.07) is 3.60. The average Bonchev–Trinajstić information content (AvgIpc) is 2.44. The molecule has 1 aromatic heterocycles. The van der Waals surface area contributed by atoms with E-state index in [9.17, 15) is 9.00 Å². The van der Waals surface area contributed by atoms with Gasteiger partial charge in [0, 0.05) is 47.2 Å². The Morgan fingerprint density at radius 3 is 2.62 bits per heavy atom. The number of amides is 1. The molecule has 0 radical (unpaired) electrons. The Balaban J connectivity index is 2.80. The Hall–Kier alpha value is -1.43. The largest absolute Gasteiger partial charge is 0.370 e. The van der Waals surface area contributed by atoms with E-state index >= 15 is 0 Å². The molecule has 0 aliphatic carbocycles. The molecule has 1 unspecified atom stereocenters. The highest BCUT2D eigenvalue weighted by Crippen LogP contribution is 2.12. The highest BCUT2D eigenvalue weighted by molar-refractivity contribution is 7.84. The molecular formula is C15H25N3O2S. The van der Waals surface area contributed by atoms with Crippen LogP contribution in [0, 0.1) is 0 Å². The molecule has 0 aliphatic rings. The van der Waals surface area contributed by atoms with E-state index in [4.69, 9.17) is 0 Å². The number of aryl methyl sites for hydroxylation is 1. The van der Waals surface area contributed by atoms with Crippen molar-refractivity contribution in [1.82, 2.24) is 10.3 Å². The third-order valence-electron chi connectivity index (χ3n) is 2.88. The summed E-state index contributed by atoms with van der Waals surface area (Å²) in [5, 5.41) is 6.02. The van der Waals surface area contributed by atoms with Crippen LogP contribution in [0.2, 0.25) is 0 Å². The Morgan fingerprint density at radius 1 is 1.24 bits per heavy atom. The number of rotatable bonds is 9. The van der Waals surface area contributed by atoms with Gasteiger partial charge in [0.1, 0.15) is 5.82 Å². The number of carbonyl (C=O) groups excluding carboxylic acids is 1. The zero-order valence-electron chi connectivity index (χ0n) is 13.1. The van der Waals surface area contributed by atoms with Crippen LogP contribution in [0.5, 0.6) is 0 Å². The highest BCUT2D eigenvalue weighted by Gasteiger charge is 2.09. The predicted molar refractivity (Wildman–Crippen MR) is 88.3 cm³/mol. The van der Waals surface area contributed by atoms with Gasteiger partial charge in [-0.05, 0) is 25.0 Å². The summed E-state index contributed by atoms with van der Waals surface area (Å²) >= 11 is 0. The van der Waals surface area contributed by atoms with Gasteiger partial charge in [0.2, 0.25) is 0 Å². The fourth-order valence-corrected chi connectivity index (χ4v) is 2.25. The number of carbonyl (C=O) groups is 1. The minimum Gasteiger partial charge on any atom is -0.370 e. The van der Waals surface area contributed by atoms with Gasteiger partial charge in [0.25, 0.3) is 5.91 Å². The summed E-state index contributed by atoms with van der Waals surface area (Å²) in [5.74, 6) is 1.08. The quantitative estimate of drug-likeness (QED) is 0.731. The van der Waals surface area contributed by atoms with Crippen LogP contribution < -0.4 is 10.6 Å². The zero-order chi connectivity index (χ0) is 15.7. The van der Waals surface area contributed by atoms with Crippen molar-refractivity contribution in [2.75, 3.05) is 30.4 Å². The maximum Gasteiger partial charge on any atom is 0.251 e. The molecule has 21 heavy (non-hydrogen) atoms. The van der Waals surface area contributed by atoms with Crippen molar-refractivity contribution in [2.24, 2.45) is 0 Å². The Morgan fingerprint density at radius 2 is 2.00 bits per heavy atom. The van der Waals surface area contributed by atoms with Gasteiger partial charge in [-0.15, -0.1) is 0 Å². The number of anilines is 1. The van der Waals surface area contributed by atoms with E-state index in [0.717, 1.165) is 37.3 Å². The smallest absolute Gasteiger partial charge is 0.251 e. The molecule has 0 saturated heterocycles. The van der Waals surface area contributed by atoms with Crippen LogP contribution in [0.4, 0.5) is 5.82 Å². The Bertz CT molecular complexity index is 492. The van der Waals surface area contributed by atoms with Crippen LogP contribution >= 0.6 is 0 Å². The number of nitrogens with one attached hydrogen (secondary N) is 2. The van der Waals surface area contributed by atoms with Crippen molar-refractivity contribution in [3.63, 3.8) is 0 Å². The minimum atomic E-state index is -0.894. The van der Waals surface area contributed by atoms with Crippen molar-refractivity contribution in [3.8, 4) is 0 Å². The number of hydrogen-bond acceptors (Lipinski definition) is 4. The molecule has 1 rings (SSSR count). The molecule has 0 saturated carbocycles. The van der Waals surface area contributed by atoms with Crippen molar-refractivity contribution in [1.29, 1.82) is 0 Å². The fraction of sp³-hybridized carbons (Fsp3) is 0.600. The SMILES string of the molecule is CCCNc1cc(C(=O)NCCS(C)=O)cc(CCC)n1. The lowest BCUT2D eigenvalue weighted by molar-refractivity contribution is 0.0956. The summed E-state index contributed by atoms with van der Waals surface area (Å²) in [5.41, 5.74) is 1.52. The molecule has 0 spiro atoms. The lowest BCUT2D eigenvalue weighted by Crippen LogP contribution is -2.27. The van der Waals surface area contributed by atoms with Gasteiger partial charge < -0.3 is 10.6 Å². The van der Waals surface area contributed by atoms with E-state index in [2.05, 4.69) is 29.5 Å². The first-order chi connectivity index (χ1) is 10.1. The molecule has 1 aromatic rings. The molecule has 118 valence electrons. The molecule has 0 fully saturated rings. The first-order valence-corrected chi connectivity index (χ1v) is 9.12. The molecule has 0 bridgehead atoms. The van der Waals surface area contributed by atoms with Crippen molar-refractivity contribution in [2.45, 2.75) is 33.1 Å². The molecule has 0 aliphatic heterocycles. The van der Waals surface area contributed by atoms with Gasteiger partial charge in [-0.2, -0.15) is 0 Å². The molecule has 5 nitrogen and oxygen atoms in total. The summed E-state index contributed by atoms with van der Waals surface area (Å²) < 4.78 is 11.0. The van der Waals surface area contributed by atoms with E-state index in [-0.39, 0.29) is 5.91 Å². The van der Waals surface area contributed by atoms with E-state index in [1.807, 2.05) is 6.07 Å². The van der Waals surface area contributed by atoms with E-state index in [1.54, 1.807) is 12.3 Å². The molecule has 6 heteroatoms. The monoisotopic (exact) mass is 311 g/mol. The van der Waals surface area contributed by atoms with Gasteiger partial charge in [-0.1, -0.05) is 20.3 Å². The third kappa shape index (κ3) is 6.71. The predicted octanol–water partition coefficient (Wildman–Crippen LogP) is 1.96. The minimum absolute atomic E-state index is 0.139. The second-order valence-corrected chi connectivity index (χ2v) is 6.50. The second-order valence-electron chi connectivity index (χ2n) is 4.94. The van der Waals surface area contributed by atoms with Crippen LogP contribution in [0.25, 0.3) is 0 Å². The molecule has 2 N–H and O–H groups in total. The van der Waals surface area contributed by atoms with Crippen LogP contribution in [0.15, 0.2) is 12.1 Å². The first kappa shape index (κ1) is 17.6. The number of aromatic nitrogens is 1. The second kappa shape index (κ2) is 9.50. The van der Waals surface area contributed by atoms with E-state index < -0.39 is 10.8 Å². The van der Waals surface area contributed by atoms with Gasteiger partial charge in [-0.3, -0.25) is 9.00 Å². The summed E-state index contributed by atoms with van der Waals surface area (Å²) in [4.78, 5) is 16.7. The third-order valence-corrected chi connectivity index (χ3v) is 3.66. The Labute approximate surface area is 129 Å². The van der Waals surface area contributed by atoms with Crippen molar-refractivity contribution < 1.29 is 9.00 Å². The maximum absolute atomic E-state index is 12.1. The molecule has 1 heterocycles. The average molecular weight is 311 g/mol. The van der Waals surface area contributed by atoms with E-state index in [0.29, 0.717) is 17.9 Å². The van der Waals surface area contributed by atoms with Gasteiger partial charge in [0.05, 0.1) is 0 Å². The van der Waals surface area contributed by atoms with Gasteiger partial charge >= 0.3 is 0 Å². The number of hydrogen-bond donors (Lipinski definition) is 2. The van der Waals surface area contributed by atoms with E-state index in [1.165, 1.54) is 0 Å². The number of nitrogens with zero attached hydrogens (tertiary/aromatic N) is 1. The van der Waals surface area contributed by atoms with Crippen molar-refractivity contribution in [3.05, 3.63) is 23.4 Å². The zero-order valence-corrected chi connectivity index (χ0v) is 13.9. The lowest BCUT2D eigenvalue weighted by Gasteiger charge is -2.10. The topological polar surface area (TPSA) is 71.1 Å². The lowest BCUT2D eigenvalue weighted by atomic mass is 10.1. The van der Waals surface area contributed by atoms with Crippen LogP contribution in [0.1, 0.15) is 42.7 Å². The summed E-state index contributed by atoms with van der Waals surface area (Å²) in [6.07, 6.45) is 4.47. The van der Waals surface area contributed by atoms with Crippen LogP contribution in [-0.2, 0) is 17.2 Å². The van der Waals surface area contributed by atoms with Crippen LogP contribution in [0.3, 0.4) is 0 Å². The molecule has 1 atom stereocenters. The fourth-order valence-electron chi connectivity index (χ4n) is 1.86. The van der Waals surface area contributed by atoms with Crippen molar-refractivity contribution >= 4 is 22.5 Å². The number of pyridine rings is 1. The van der Waals surface area contributed by atoms with Crippen LogP contribution in [-0.4, -0.2) is 40.2 Å². The van der Waals surface area contributed by atoms with Gasteiger partial charge in [0.15, 0.2) is 0 Å². The standard InChI is InChI=1S/C15H25N3O2S/c1-4-6-13-10-12(11-14(18-13)16-7-5-2)15(19)17-8-9-21(3)20/h10-11H,4-9H2,1-3H3,(H,16,18)(H,17,19).